The molecule has 124 valence electrons. The molecule has 0 radical (unpaired) electrons. The van der Waals surface area contributed by atoms with Crippen LogP contribution in [0.1, 0.15) is 57.3 Å². The third-order valence-corrected chi connectivity index (χ3v) is 4.51. The van der Waals surface area contributed by atoms with E-state index in [1.807, 2.05) is 12.1 Å². The van der Waals surface area contributed by atoms with Crippen molar-refractivity contribution in [3.05, 3.63) is 30.4 Å². The number of nitrogens with zero attached hydrogens (tertiary/aromatic N) is 3. The Morgan fingerprint density at radius 2 is 2.13 bits per heavy atom. The molecule has 23 heavy (non-hydrogen) atoms. The largest absolute Gasteiger partial charge is 0.381 e. The van der Waals surface area contributed by atoms with E-state index in [0.717, 1.165) is 43.9 Å². The van der Waals surface area contributed by atoms with Gasteiger partial charge < -0.3 is 9.26 Å². The smallest absolute Gasteiger partial charge is 0.230 e. The second kappa shape index (κ2) is 8.20. The van der Waals surface area contributed by atoms with Crippen LogP contribution >= 0.6 is 0 Å². The molecule has 5 nitrogen and oxygen atoms in total. The minimum absolute atomic E-state index is 0.367. The lowest BCUT2D eigenvalue weighted by atomic mass is 9.82. The van der Waals surface area contributed by atoms with E-state index in [2.05, 4.69) is 22.0 Å². The molecular formula is C18H25N3O2. The highest BCUT2D eigenvalue weighted by Gasteiger charge is 2.27. The minimum atomic E-state index is 0.367. The summed E-state index contributed by atoms with van der Waals surface area (Å²) in [5.41, 5.74) is 0.949. The van der Waals surface area contributed by atoms with E-state index in [1.165, 1.54) is 19.3 Å². The van der Waals surface area contributed by atoms with E-state index in [1.54, 1.807) is 12.4 Å². The van der Waals surface area contributed by atoms with Crippen LogP contribution in [0, 0.1) is 5.92 Å². The van der Waals surface area contributed by atoms with Crippen LogP contribution in [0.3, 0.4) is 0 Å². The fourth-order valence-electron chi connectivity index (χ4n) is 3.18. The zero-order valence-electron chi connectivity index (χ0n) is 13.8. The van der Waals surface area contributed by atoms with Crippen LogP contribution in [-0.2, 0) is 4.74 Å². The normalized spacial score (nSPS) is 21.4. The standard InChI is InChI=1S/C18H25N3O2/c1-2-3-11-22-13-14-5-4-6-16(12-14)18-20-17(21-23-18)15-7-9-19-10-8-15/h7-10,14,16H,2-6,11-13H2,1H3/t14-,16+/m1/s1. The summed E-state index contributed by atoms with van der Waals surface area (Å²) < 4.78 is 11.3. The fraction of sp³-hybridized carbons (Fsp3) is 0.611. The number of hydrogen-bond donors (Lipinski definition) is 0. The first-order valence-electron chi connectivity index (χ1n) is 8.68. The molecule has 0 bridgehead atoms. The molecule has 3 rings (SSSR count). The van der Waals surface area contributed by atoms with Gasteiger partial charge in [0.15, 0.2) is 0 Å². The molecule has 1 aliphatic carbocycles. The molecular weight excluding hydrogens is 290 g/mol. The van der Waals surface area contributed by atoms with E-state index >= 15 is 0 Å². The molecule has 0 amide bonds. The van der Waals surface area contributed by atoms with Crippen molar-refractivity contribution in [3.8, 4) is 11.4 Å². The van der Waals surface area contributed by atoms with Gasteiger partial charge in [0, 0.05) is 37.1 Å². The number of hydrogen-bond acceptors (Lipinski definition) is 5. The van der Waals surface area contributed by atoms with Crippen LogP contribution in [0.2, 0.25) is 0 Å². The Bertz CT molecular complexity index is 585. The Morgan fingerprint density at radius 1 is 1.26 bits per heavy atom. The summed E-state index contributed by atoms with van der Waals surface area (Å²) in [6.07, 6.45) is 10.5. The van der Waals surface area contributed by atoms with Gasteiger partial charge in [0.1, 0.15) is 0 Å². The van der Waals surface area contributed by atoms with Crippen LogP contribution in [0.5, 0.6) is 0 Å². The highest BCUT2D eigenvalue weighted by molar-refractivity contribution is 5.52. The summed E-state index contributed by atoms with van der Waals surface area (Å²) in [6.45, 7) is 3.93. The molecule has 1 fully saturated rings. The van der Waals surface area contributed by atoms with Crippen molar-refractivity contribution >= 4 is 0 Å². The summed E-state index contributed by atoms with van der Waals surface area (Å²) >= 11 is 0. The Morgan fingerprint density at radius 3 is 2.96 bits per heavy atom. The van der Waals surface area contributed by atoms with Crippen molar-refractivity contribution < 1.29 is 9.26 Å². The van der Waals surface area contributed by atoms with Gasteiger partial charge in [-0.1, -0.05) is 24.9 Å². The number of rotatable bonds is 7. The van der Waals surface area contributed by atoms with Crippen LogP contribution < -0.4 is 0 Å². The highest BCUT2D eigenvalue weighted by atomic mass is 16.5. The Balaban J connectivity index is 1.57. The quantitative estimate of drug-likeness (QED) is 0.716. The maximum Gasteiger partial charge on any atom is 0.230 e. The number of aromatic nitrogens is 3. The lowest BCUT2D eigenvalue weighted by Gasteiger charge is -2.26. The second-order valence-electron chi connectivity index (χ2n) is 6.35. The van der Waals surface area contributed by atoms with Gasteiger partial charge >= 0.3 is 0 Å². The van der Waals surface area contributed by atoms with E-state index in [9.17, 15) is 0 Å². The first-order valence-corrected chi connectivity index (χ1v) is 8.68. The lowest BCUT2D eigenvalue weighted by Crippen LogP contribution is -2.19. The molecule has 0 unspecified atom stereocenters. The number of ether oxygens (including phenoxy) is 1. The van der Waals surface area contributed by atoms with Crippen LogP contribution in [0.15, 0.2) is 29.0 Å². The summed E-state index contributed by atoms with van der Waals surface area (Å²) in [7, 11) is 0. The van der Waals surface area contributed by atoms with Crippen molar-refractivity contribution in [1.82, 2.24) is 15.1 Å². The van der Waals surface area contributed by atoms with Crippen LogP contribution in [0.4, 0.5) is 0 Å². The second-order valence-corrected chi connectivity index (χ2v) is 6.35. The molecule has 1 saturated carbocycles. The average molecular weight is 315 g/mol. The van der Waals surface area contributed by atoms with Crippen molar-refractivity contribution in [2.45, 2.75) is 51.4 Å². The highest BCUT2D eigenvalue weighted by Crippen LogP contribution is 2.36. The fourth-order valence-corrected chi connectivity index (χ4v) is 3.18. The Hall–Kier alpha value is -1.75. The van der Waals surface area contributed by atoms with Gasteiger partial charge in [-0.15, -0.1) is 0 Å². The van der Waals surface area contributed by atoms with Gasteiger partial charge in [0.25, 0.3) is 0 Å². The predicted molar refractivity (Wildman–Crippen MR) is 88.0 cm³/mol. The summed E-state index contributed by atoms with van der Waals surface area (Å²) in [5, 5.41) is 4.13. The van der Waals surface area contributed by atoms with E-state index in [0.29, 0.717) is 17.7 Å². The lowest BCUT2D eigenvalue weighted by molar-refractivity contribution is 0.0771. The Labute approximate surface area is 137 Å². The number of pyridine rings is 1. The molecule has 1 aliphatic rings. The first kappa shape index (κ1) is 16.1. The average Bonchev–Trinajstić information content (AvgIpc) is 3.10. The molecule has 0 spiro atoms. The van der Waals surface area contributed by atoms with E-state index in [-0.39, 0.29) is 0 Å². The van der Waals surface area contributed by atoms with Gasteiger partial charge in [-0.25, -0.2) is 0 Å². The first-order chi connectivity index (χ1) is 11.4. The maximum absolute atomic E-state index is 5.80. The Kier molecular flexibility index (Phi) is 5.75. The SMILES string of the molecule is CCCCOC[C@@H]1CCC[C@H](c2nc(-c3ccncc3)no2)C1. The summed E-state index contributed by atoms with van der Waals surface area (Å²) in [5.74, 6) is 2.41. The maximum atomic E-state index is 5.80. The summed E-state index contributed by atoms with van der Waals surface area (Å²) in [4.78, 5) is 8.62. The molecule has 0 saturated heterocycles. The molecule has 0 aromatic carbocycles. The minimum Gasteiger partial charge on any atom is -0.381 e. The third kappa shape index (κ3) is 4.38. The number of unbranched alkanes of at least 4 members (excludes halogenated alkanes) is 1. The molecule has 5 heteroatoms. The van der Waals surface area contributed by atoms with Crippen LogP contribution in [-0.4, -0.2) is 28.3 Å². The van der Waals surface area contributed by atoms with Crippen molar-refractivity contribution in [2.75, 3.05) is 13.2 Å². The molecule has 0 N–H and O–H groups in total. The van der Waals surface area contributed by atoms with E-state index < -0.39 is 0 Å². The van der Waals surface area contributed by atoms with Crippen molar-refractivity contribution in [3.63, 3.8) is 0 Å². The van der Waals surface area contributed by atoms with Gasteiger partial charge in [-0.2, -0.15) is 4.98 Å². The van der Waals surface area contributed by atoms with Gasteiger partial charge in [-0.3, -0.25) is 4.98 Å². The monoisotopic (exact) mass is 315 g/mol. The zero-order valence-corrected chi connectivity index (χ0v) is 13.8. The van der Waals surface area contributed by atoms with Crippen molar-refractivity contribution in [2.24, 2.45) is 5.92 Å². The molecule has 2 heterocycles. The topological polar surface area (TPSA) is 61.0 Å². The molecule has 0 aliphatic heterocycles. The third-order valence-electron chi connectivity index (χ3n) is 4.51. The van der Waals surface area contributed by atoms with E-state index in [4.69, 9.17) is 9.26 Å². The van der Waals surface area contributed by atoms with Crippen LogP contribution in [0.25, 0.3) is 11.4 Å². The van der Waals surface area contributed by atoms with Gasteiger partial charge in [-0.05, 0) is 43.7 Å². The molecule has 2 aromatic rings. The summed E-state index contributed by atoms with van der Waals surface area (Å²) in [6, 6.07) is 3.81. The molecule has 2 aromatic heterocycles. The zero-order chi connectivity index (χ0) is 15.9. The molecule has 2 atom stereocenters. The van der Waals surface area contributed by atoms with Crippen molar-refractivity contribution in [1.29, 1.82) is 0 Å². The van der Waals surface area contributed by atoms with Gasteiger partial charge in [0.2, 0.25) is 11.7 Å². The predicted octanol–water partition coefficient (Wildman–Crippen LogP) is 4.22. The van der Waals surface area contributed by atoms with Gasteiger partial charge in [0.05, 0.1) is 0 Å².